The molecule has 3 aromatic rings. The number of nitrogens with one attached hydrogen (secondary N) is 1. The maximum absolute atomic E-state index is 15.1. The molecule has 1 atom stereocenters. The number of aromatic nitrogens is 2. The van der Waals surface area contributed by atoms with Gasteiger partial charge in [-0.1, -0.05) is 0 Å². The molecule has 4 rings (SSSR count). The molecule has 0 aliphatic carbocycles. The molecule has 3 heterocycles. The minimum atomic E-state index is -1.06. The number of aryl methyl sites for hydroxylation is 1. The number of carboxylic acid groups (broad SMARTS) is 1. The number of carbonyl (C=O) groups excluding carboxylic acids is 1. The summed E-state index contributed by atoms with van der Waals surface area (Å²) in [6, 6.07) is 7.20. The van der Waals surface area contributed by atoms with Gasteiger partial charge in [-0.25, -0.2) is 18.6 Å². The highest BCUT2D eigenvalue weighted by molar-refractivity contribution is 5.92. The molecule has 34 heavy (non-hydrogen) atoms. The van der Waals surface area contributed by atoms with Gasteiger partial charge in [-0.05, 0) is 36.8 Å². The number of nitrogens with zero attached hydrogens (tertiary/aromatic N) is 4. The Kier molecular flexibility index (Phi) is 6.43. The molecule has 176 valence electrons. The number of rotatable bonds is 5. The van der Waals surface area contributed by atoms with Crippen LogP contribution in [0.3, 0.4) is 0 Å². The van der Waals surface area contributed by atoms with Crippen molar-refractivity contribution in [2.45, 2.75) is 25.9 Å². The lowest BCUT2D eigenvalue weighted by atomic mass is 10.0. The first-order valence-electron chi connectivity index (χ1n) is 10.5. The topological polar surface area (TPSA) is 120 Å². The summed E-state index contributed by atoms with van der Waals surface area (Å²) >= 11 is 0. The number of morpholine rings is 1. The van der Waals surface area contributed by atoms with Gasteiger partial charge in [-0.15, -0.1) is 0 Å². The molecule has 2 N–H and O–H groups in total. The minimum absolute atomic E-state index is 0.0616. The molecule has 1 aliphatic rings. The molecule has 0 spiro atoms. The molecule has 1 aromatic carbocycles. The minimum Gasteiger partial charge on any atom is -0.465 e. The Hall–Kier alpha value is -4.04. The highest BCUT2D eigenvalue weighted by Gasteiger charge is 2.28. The zero-order chi connectivity index (χ0) is 24.4. The van der Waals surface area contributed by atoms with Gasteiger partial charge < -0.3 is 24.5 Å². The van der Waals surface area contributed by atoms with Crippen molar-refractivity contribution < 1.29 is 28.2 Å². The van der Waals surface area contributed by atoms with Crippen LogP contribution in [0.2, 0.25) is 0 Å². The van der Waals surface area contributed by atoms with Crippen LogP contribution in [-0.2, 0) is 16.0 Å². The number of anilines is 1. The molecule has 2 aromatic heterocycles. The van der Waals surface area contributed by atoms with Crippen LogP contribution in [0.15, 0.2) is 30.5 Å². The lowest BCUT2D eigenvalue weighted by Gasteiger charge is -2.31. The summed E-state index contributed by atoms with van der Waals surface area (Å²) in [5.74, 6) is -2.56. The number of benzene rings is 1. The highest BCUT2D eigenvalue weighted by Crippen LogP contribution is 2.33. The first kappa shape index (κ1) is 23.1. The number of amides is 2. The number of imidazole rings is 1. The maximum atomic E-state index is 15.1. The van der Waals surface area contributed by atoms with Gasteiger partial charge in [0.15, 0.2) is 0 Å². The third kappa shape index (κ3) is 4.67. The maximum Gasteiger partial charge on any atom is 0.407 e. The average molecular weight is 469 g/mol. The second-order valence-electron chi connectivity index (χ2n) is 7.96. The molecule has 0 saturated carbocycles. The van der Waals surface area contributed by atoms with E-state index in [-0.39, 0.29) is 43.1 Å². The van der Waals surface area contributed by atoms with E-state index in [1.807, 2.05) is 13.0 Å². The number of ether oxygens (including phenoxy) is 1. The lowest BCUT2D eigenvalue weighted by molar-refractivity contribution is -0.115. The number of halogens is 2. The van der Waals surface area contributed by atoms with Crippen molar-refractivity contribution in [2.75, 3.05) is 25.0 Å². The standard InChI is InChI=1S/C23H21F2N5O4/c1-13-3-5-30-18(11-15-12-29(23(32)33)6-7-34-15)22(28-19(30)8-13)21-16(24)9-14(10-17(21)25)27-20(31)2-4-26/h3,5,8-10,15H,2,6-7,11-12H2,1H3,(H,27,31)(H,32,33)/t15-/m0/s1. The van der Waals surface area contributed by atoms with Crippen molar-refractivity contribution in [1.29, 1.82) is 5.26 Å². The molecular formula is C23H21F2N5O4. The van der Waals surface area contributed by atoms with Crippen LogP contribution < -0.4 is 5.32 Å². The van der Waals surface area contributed by atoms with Crippen LogP contribution in [0.25, 0.3) is 16.9 Å². The number of fused-ring (bicyclic) bond motifs is 1. The summed E-state index contributed by atoms with van der Waals surface area (Å²) in [5.41, 5.74) is 1.41. The molecule has 1 saturated heterocycles. The number of nitriles is 1. The molecule has 1 aliphatic heterocycles. The van der Waals surface area contributed by atoms with Crippen LogP contribution in [0, 0.1) is 29.9 Å². The van der Waals surface area contributed by atoms with Crippen LogP contribution in [0.5, 0.6) is 0 Å². The second kappa shape index (κ2) is 9.44. The average Bonchev–Trinajstić information content (AvgIpc) is 3.10. The van der Waals surface area contributed by atoms with Crippen molar-refractivity contribution in [3.63, 3.8) is 0 Å². The summed E-state index contributed by atoms with van der Waals surface area (Å²) in [7, 11) is 0. The van der Waals surface area contributed by atoms with Gasteiger partial charge in [0.2, 0.25) is 5.91 Å². The van der Waals surface area contributed by atoms with Gasteiger partial charge in [-0.2, -0.15) is 5.26 Å². The van der Waals surface area contributed by atoms with E-state index in [0.717, 1.165) is 17.7 Å². The Morgan fingerprint density at radius 3 is 2.74 bits per heavy atom. The highest BCUT2D eigenvalue weighted by atomic mass is 19.1. The van der Waals surface area contributed by atoms with Gasteiger partial charge in [0, 0.05) is 24.8 Å². The molecule has 2 amide bonds. The fourth-order valence-electron chi connectivity index (χ4n) is 3.97. The monoisotopic (exact) mass is 469 g/mol. The number of hydrogen-bond donors (Lipinski definition) is 2. The van der Waals surface area contributed by atoms with E-state index in [4.69, 9.17) is 10.00 Å². The summed E-state index contributed by atoms with van der Waals surface area (Å²) in [5, 5.41) is 20.2. The third-order valence-electron chi connectivity index (χ3n) is 5.51. The van der Waals surface area contributed by atoms with Gasteiger partial charge in [-0.3, -0.25) is 4.79 Å². The largest absolute Gasteiger partial charge is 0.465 e. The first-order chi connectivity index (χ1) is 16.3. The van der Waals surface area contributed by atoms with E-state index < -0.39 is 36.2 Å². The van der Waals surface area contributed by atoms with Crippen LogP contribution in [0.1, 0.15) is 17.7 Å². The summed E-state index contributed by atoms with van der Waals surface area (Å²) in [4.78, 5) is 28.7. The van der Waals surface area contributed by atoms with Crippen LogP contribution in [0.4, 0.5) is 19.3 Å². The Labute approximate surface area is 193 Å². The summed E-state index contributed by atoms with van der Waals surface area (Å²) in [6.07, 6.45) is -0.132. The zero-order valence-corrected chi connectivity index (χ0v) is 18.2. The van der Waals surface area contributed by atoms with Gasteiger partial charge in [0.25, 0.3) is 0 Å². The van der Waals surface area contributed by atoms with Crippen molar-refractivity contribution in [2.24, 2.45) is 0 Å². The molecule has 1 fully saturated rings. The molecule has 0 radical (unpaired) electrons. The molecular weight excluding hydrogens is 448 g/mol. The molecule has 0 unspecified atom stereocenters. The summed E-state index contributed by atoms with van der Waals surface area (Å²) < 4.78 is 37.7. The Bertz CT molecular complexity index is 1290. The quantitative estimate of drug-likeness (QED) is 0.591. The van der Waals surface area contributed by atoms with Crippen LogP contribution >= 0.6 is 0 Å². The van der Waals surface area contributed by atoms with E-state index in [1.165, 1.54) is 4.90 Å². The first-order valence-corrected chi connectivity index (χ1v) is 10.5. The number of pyridine rings is 1. The van der Waals surface area contributed by atoms with Crippen molar-refractivity contribution in [3.05, 3.63) is 53.4 Å². The van der Waals surface area contributed by atoms with Crippen molar-refractivity contribution in [1.82, 2.24) is 14.3 Å². The second-order valence-corrected chi connectivity index (χ2v) is 7.96. The number of hydrogen-bond acceptors (Lipinski definition) is 5. The normalized spacial score (nSPS) is 15.8. The molecule has 9 nitrogen and oxygen atoms in total. The summed E-state index contributed by atoms with van der Waals surface area (Å²) in [6.45, 7) is 2.43. The predicted molar refractivity (Wildman–Crippen MR) is 117 cm³/mol. The predicted octanol–water partition coefficient (Wildman–Crippen LogP) is 3.36. The third-order valence-corrected chi connectivity index (χ3v) is 5.51. The van der Waals surface area contributed by atoms with Gasteiger partial charge in [0.05, 0.1) is 42.3 Å². The fraction of sp³-hybridized carbons (Fsp3) is 0.304. The Morgan fingerprint density at radius 1 is 1.32 bits per heavy atom. The van der Waals surface area contributed by atoms with Gasteiger partial charge in [0.1, 0.15) is 23.7 Å². The molecule has 11 heteroatoms. The van der Waals surface area contributed by atoms with E-state index in [0.29, 0.717) is 11.3 Å². The number of carbonyl (C=O) groups is 2. The van der Waals surface area contributed by atoms with E-state index in [9.17, 15) is 14.7 Å². The Morgan fingerprint density at radius 2 is 2.06 bits per heavy atom. The zero-order valence-electron chi connectivity index (χ0n) is 18.2. The molecule has 0 bridgehead atoms. The SMILES string of the molecule is Cc1ccn2c(C[C@H]3CN(C(=O)O)CCO3)c(-c3c(F)cc(NC(=O)CC#N)cc3F)nc2c1. The van der Waals surface area contributed by atoms with E-state index >= 15 is 8.78 Å². The van der Waals surface area contributed by atoms with E-state index in [2.05, 4.69) is 10.3 Å². The van der Waals surface area contributed by atoms with Crippen molar-refractivity contribution >= 4 is 23.3 Å². The Balaban J connectivity index is 1.76. The smallest absolute Gasteiger partial charge is 0.407 e. The van der Waals surface area contributed by atoms with Gasteiger partial charge >= 0.3 is 6.09 Å². The fourth-order valence-corrected chi connectivity index (χ4v) is 3.97. The van der Waals surface area contributed by atoms with Crippen molar-refractivity contribution in [3.8, 4) is 17.3 Å². The van der Waals surface area contributed by atoms with Crippen LogP contribution in [-0.4, -0.2) is 57.2 Å². The van der Waals surface area contributed by atoms with E-state index in [1.54, 1.807) is 22.7 Å². The lowest BCUT2D eigenvalue weighted by Crippen LogP contribution is -2.45.